The smallest absolute Gasteiger partial charge is 0.306 e. The van der Waals surface area contributed by atoms with E-state index in [0.29, 0.717) is 19.3 Å². The van der Waals surface area contributed by atoms with E-state index < -0.39 is 6.10 Å². The molecular formula is C69H120O6. The number of unbranched alkanes of at least 4 members (excludes halogenated alkanes) is 33. The van der Waals surface area contributed by atoms with Gasteiger partial charge in [0.15, 0.2) is 6.10 Å². The van der Waals surface area contributed by atoms with E-state index in [9.17, 15) is 14.4 Å². The van der Waals surface area contributed by atoms with Crippen molar-refractivity contribution in [1.82, 2.24) is 0 Å². The standard InChI is InChI=1S/C69H120O6/c1-4-7-10-13-16-19-22-24-26-27-28-29-30-31-32-33-34-35-36-37-38-39-40-41-43-44-47-50-53-56-59-62-68(71)74-65-66(64-73-67(70)61-58-55-52-49-46-21-18-15-12-9-6-3)75-69(72)63-60-57-54-51-48-45-42-25-23-20-17-14-11-8-5-2/h7,10,16-17,19-20,24-26,28-29,31-32,42,66H,4-6,8-9,11-15,18,21-23,27,30,33-41,43-65H2,1-3H3/b10-7-,19-16-,20-17-,26-24-,29-28-,32-31-,42-25-. The summed E-state index contributed by atoms with van der Waals surface area (Å²) in [5.74, 6) is -0.880. The molecule has 0 aromatic rings. The first-order valence-corrected chi connectivity index (χ1v) is 32.1. The van der Waals surface area contributed by atoms with Gasteiger partial charge < -0.3 is 14.2 Å². The molecule has 0 fully saturated rings. The van der Waals surface area contributed by atoms with Crippen LogP contribution in [0.4, 0.5) is 0 Å². The van der Waals surface area contributed by atoms with Crippen molar-refractivity contribution in [1.29, 1.82) is 0 Å². The van der Waals surface area contributed by atoms with E-state index in [0.717, 1.165) is 116 Å². The quantitative estimate of drug-likeness (QED) is 0.0261. The zero-order valence-electron chi connectivity index (χ0n) is 49.6. The van der Waals surface area contributed by atoms with E-state index in [1.807, 2.05) is 0 Å². The Labute approximate surface area is 465 Å². The van der Waals surface area contributed by atoms with Crippen molar-refractivity contribution in [2.75, 3.05) is 13.2 Å². The van der Waals surface area contributed by atoms with Gasteiger partial charge in [0.05, 0.1) is 0 Å². The van der Waals surface area contributed by atoms with E-state index in [1.165, 1.54) is 161 Å². The number of hydrogen-bond acceptors (Lipinski definition) is 6. The molecule has 0 heterocycles. The number of esters is 3. The van der Waals surface area contributed by atoms with E-state index in [1.54, 1.807) is 0 Å². The molecule has 432 valence electrons. The third-order valence-corrected chi connectivity index (χ3v) is 13.9. The van der Waals surface area contributed by atoms with Crippen molar-refractivity contribution in [2.45, 2.75) is 322 Å². The highest BCUT2D eigenvalue weighted by Crippen LogP contribution is 2.17. The maximum Gasteiger partial charge on any atom is 0.306 e. The minimum Gasteiger partial charge on any atom is -0.462 e. The van der Waals surface area contributed by atoms with E-state index >= 15 is 0 Å². The van der Waals surface area contributed by atoms with Gasteiger partial charge in [-0.15, -0.1) is 0 Å². The number of allylic oxidation sites excluding steroid dienone is 14. The minimum atomic E-state index is -0.781. The molecule has 1 unspecified atom stereocenters. The molecule has 0 saturated carbocycles. The first kappa shape index (κ1) is 71.6. The van der Waals surface area contributed by atoms with Gasteiger partial charge in [0.1, 0.15) is 13.2 Å². The van der Waals surface area contributed by atoms with Crippen molar-refractivity contribution in [3.8, 4) is 0 Å². The third kappa shape index (κ3) is 61.3. The third-order valence-electron chi connectivity index (χ3n) is 13.9. The molecule has 0 aliphatic rings. The Kier molecular flexibility index (Phi) is 60.3. The predicted molar refractivity (Wildman–Crippen MR) is 325 cm³/mol. The highest BCUT2D eigenvalue weighted by molar-refractivity contribution is 5.71. The second-order valence-corrected chi connectivity index (χ2v) is 21.3. The van der Waals surface area contributed by atoms with E-state index in [4.69, 9.17) is 14.2 Å². The summed E-state index contributed by atoms with van der Waals surface area (Å²) in [6.45, 7) is 6.51. The maximum atomic E-state index is 12.9. The molecule has 0 aliphatic carbocycles. The molecule has 0 aliphatic heterocycles. The first-order chi connectivity index (χ1) is 37.0. The Bertz CT molecular complexity index is 1430. The second-order valence-electron chi connectivity index (χ2n) is 21.3. The van der Waals surface area contributed by atoms with Crippen LogP contribution in [-0.2, 0) is 28.6 Å². The van der Waals surface area contributed by atoms with Gasteiger partial charge in [-0.25, -0.2) is 0 Å². The summed E-state index contributed by atoms with van der Waals surface area (Å²) < 4.78 is 16.9. The summed E-state index contributed by atoms with van der Waals surface area (Å²) in [5.41, 5.74) is 0. The number of carbonyl (C=O) groups is 3. The molecule has 0 amide bonds. The van der Waals surface area contributed by atoms with Gasteiger partial charge in [-0.1, -0.05) is 286 Å². The Balaban J connectivity index is 4.16. The Hall–Kier alpha value is -3.41. The molecule has 0 aromatic carbocycles. The van der Waals surface area contributed by atoms with Crippen LogP contribution >= 0.6 is 0 Å². The topological polar surface area (TPSA) is 78.9 Å². The van der Waals surface area contributed by atoms with Crippen LogP contribution in [0.1, 0.15) is 316 Å². The molecule has 0 saturated heterocycles. The maximum absolute atomic E-state index is 12.9. The molecular weight excluding hydrogens is 925 g/mol. The van der Waals surface area contributed by atoms with Crippen LogP contribution in [0.2, 0.25) is 0 Å². The fraction of sp³-hybridized carbons (Fsp3) is 0.754. The van der Waals surface area contributed by atoms with Crippen molar-refractivity contribution in [3.63, 3.8) is 0 Å². The van der Waals surface area contributed by atoms with E-state index in [-0.39, 0.29) is 31.1 Å². The number of carbonyl (C=O) groups excluding carboxylic acids is 3. The molecule has 0 radical (unpaired) electrons. The monoisotopic (exact) mass is 1040 g/mol. The van der Waals surface area contributed by atoms with Crippen LogP contribution in [0.5, 0.6) is 0 Å². The Morgan fingerprint density at radius 2 is 0.520 bits per heavy atom. The van der Waals surface area contributed by atoms with Crippen LogP contribution in [0, 0.1) is 0 Å². The molecule has 0 N–H and O–H groups in total. The van der Waals surface area contributed by atoms with Gasteiger partial charge in [0, 0.05) is 19.3 Å². The van der Waals surface area contributed by atoms with Crippen LogP contribution in [0.15, 0.2) is 85.1 Å². The van der Waals surface area contributed by atoms with Crippen LogP contribution in [-0.4, -0.2) is 37.2 Å². The molecule has 0 aromatic heterocycles. The van der Waals surface area contributed by atoms with Gasteiger partial charge in [-0.3, -0.25) is 14.4 Å². The molecule has 6 nitrogen and oxygen atoms in total. The Morgan fingerprint density at radius 1 is 0.280 bits per heavy atom. The summed E-state index contributed by atoms with van der Waals surface area (Å²) in [7, 11) is 0. The normalized spacial score (nSPS) is 12.6. The number of rotatable bonds is 58. The fourth-order valence-corrected chi connectivity index (χ4v) is 9.09. The minimum absolute atomic E-state index is 0.0779. The van der Waals surface area contributed by atoms with Gasteiger partial charge in [0.25, 0.3) is 0 Å². The highest BCUT2D eigenvalue weighted by atomic mass is 16.6. The van der Waals surface area contributed by atoms with Crippen LogP contribution < -0.4 is 0 Å². The lowest BCUT2D eigenvalue weighted by Gasteiger charge is -2.18. The number of hydrogen-bond donors (Lipinski definition) is 0. The molecule has 0 rings (SSSR count). The number of ether oxygens (including phenoxy) is 3. The summed E-state index contributed by atoms with van der Waals surface area (Å²) >= 11 is 0. The van der Waals surface area contributed by atoms with Crippen molar-refractivity contribution >= 4 is 17.9 Å². The van der Waals surface area contributed by atoms with E-state index in [2.05, 4.69) is 106 Å². The highest BCUT2D eigenvalue weighted by Gasteiger charge is 2.19. The first-order valence-electron chi connectivity index (χ1n) is 32.1. The average Bonchev–Trinajstić information content (AvgIpc) is 3.41. The van der Waals surface area contributed by atoms with Gasteiger partial charge in [-0.05, 0) is 96.3 Å². The van der Waals surface area contributed by atoms with Crippen LogP contribution in [0.25, 0.3) is 0 Å². The zero-order chi connectivity index (χ0) is 54.3. The van der Waals surface area contributed by atoms with Crippen molar-refractivity contribution < 1.29 is 28.6 Å². The average molecular weight is 1050 g/mol. The SMILES string of the molecule is CC/C=C\C/C=C\C/C=C\C/C=C\C/C=C\CCCCCCCCCCCCCCCCCC(=O)OCC(COC(=O)CCCCCCCCCCCCC)OC(=O)CCCCCCC/C=C\C/C=C\CCCCC. The van der Waals surface area contributed by atoms with Gasteiger partial charge in [-0.2, -0.15) is 0 Å². The lowest BCUT2D eigenvalue weighted by molar-refractivity contribution is -0.167. The van der Waals surface area contributed by atoms with Gasteiger partial charge in [0.2, 0.25) is 0 Å². The summed E-state index contributed by atoms with van der Waals surface area (Å²) in [6.07, 6.45) is 83.1. The largest absolute Gasteiger partial charge is 0.462 e. The molecule has 0 spiro atoms. The fourth-order valence-electron chi connectivity index (χ4n) is 9.09. The summed E-state index contributed by atoms with van der Waals surface area (Å²) in [4.78, 5) is 38.2. The second kappa shape index (κ2) is 63.1. The lowest BCUT2D eigenvalue weighted by atomic mass is 10.0. The molecule has 6 heteroatoms. The zero-order valence-corrected chi connectivity index (χ0v) is 49.6. The molecule has 75 heavy (non-hydrogen) atoms. The molecule has 1 atom stereocenters. The predicted octanol–water partition coefficient (Wildman–Crippen LogP) is 21.9. The van der Waals surface area contributed by atoms with Gasteiger partial charge >= 0.3 is 17.9 Å². The van der Waals surface area contributed by atoms with Crippen molar-refractivity contribution in [3.05, 3.63) is 85.1 Å². The molecule has 0 bridgehead atoms. The van der Waals surface area contributed by atoms with Crippen LogP contribution in [0.3, 0.4) is 0 Å². The Morgan fingerprint density at radius 3 is 0.840 bits per heavy atom. The summed E-state index contributed by atoms with van der Waals surface area (Å²) in [6, 6.07) is 0. The lowest BCUT2D eigenvalue weighted by Crippen LogP contribution is -2.30. The summed E-state index contributed by atoms with van der Waals surface area (Å²) in [5, 5.41) is 0. The van der Waals surface area contributed by atoms with Crippen molar-refractivity contribution in [2.24, 2.45) is 0 Å².